The first-order valence-corrected chi connectivity index (χ1v) is 6.71. The van der Waals surface area contributed by atoms with Crippen molar-refractivity contribution in [2.24, 2.45) is 0 Å². The highest BCUT2D eigenvalue weighted by molar-refractivity contribution is 4.75. The lowest BCUT2D eigenvalue weighted by molar-refractivity contribution is -1.08. The number of nitrogens with zero attached hydrogens (tertiary/aromatic N) is 2. The molecule has 5 aliphatic heterocycles. The smallest absolute Gasteiger partial charge is 0.130 e. The monoisotopic (exact) mass is 226 g/mol. The van der Waals surface area contributed by atoms with Crippen molar-refractivity contribution in [2.45, 2.75) is 12.2 Å². The van der Waals surface area contributed by atoms with Crippen LogP contribution in [0.3, 0.4) is 0 Å². The highest BCUT2D eigenvalue weighted by Crippen LogP contribution is 2.31. The van der Waals surface area contributed by atoms with Gasteiger partial charge in [0.15, 0.2) is 0 Å². The van der Waals surface area contributed by atoms with Gasteiger partial charge >= 0.3 is 0 Å². The van der Waals surface area contributed by atoms with Gasteiger partial charge in [-0.1, -0.05) is 0 Å². The van der Waals surface area contributed by atoms with Crippen LogP contribution in [0.25, 0.3) is 0 Å². The van der Waals surface area contributed by atoms with Crippen molar-refractivity contribution in [1.82, 2.24) is 0 Å². The van der Waals surface area contributed by atoms with E-state index in [4.69, 9.17) is 9.47 Å². The number of epoxide rings is 2. The summed E-state index contributed by atoms with van der Waals surface area (Å²) in [4.78, 5) is 0. The number of hydrogen-bond donors (Lipinski definition) is 0. The van der Waals surface area contributed by atoms with Crippen molar-refractivity contribution in [3.05, 3.63) is 0 Å². The predicted octanol–water partition coefficient (Wildman–Crippen LogP) is -0.555. The molecule has 16 heavy (non-hydrogen) atoms. The van der Waals surface area contributed by atoms with Crippen molar-refractivity contribution in [2.75, 3.05) is 65.6 Å². The molecule has 0 saturated carbocycles. The largest absolute Gasteiger partial charge is 0.367 e. The van der Waals surface area contributed by atoms with Crippen LogP contribution in [0.2, 0.25) is 0 Å². The second-order valence-corrected chi connectivity index (χ2v) is 6.30. The average molecular weight is 226 g/mol. The van der Waals surface area contributed by atoms with E-state index < -0.39 is 0 Å². The third-order valence-corrected chi connectivity index (χ3v) is 5.13. The van der Waals surface area contributed by atoms with Gasteiger partial charge in [-0.05, 0) is 0 Å². The van der Waals surface area contributed by atoms with Gasteiger partial charge in [-0.25, -0.2) is 0 Å². The minimum atomic E-state index is 0.602. The van der Waals surface area contributed by atoms with Crippen LogP contribution in [-0.2, 0) is 9.47 Å². The third kappa shape index (κ3) is 1.68. The van der Waals surface area contributed by atoms with E-state index in [1.807, 2.05) is 0 Å². The number of quaternary nitrogens is 2. The predicted molar refractivity (Wildman–Crippen MR) is 58.9 cm³/mol. The van der Waals surface area contributed by atoms with Crippen LogP contribution in [0.4, 0.5) is 0 Å². The van der Waals surface area contributed by atoms with Gasteiger partial charge in [0, 0.05) is 0 Å². The molecule has 90 valence electrons. The van der Waals surface area contributed by atoms with Gasteiger partial charge in [-0.3, -0.25) is 0 Å². The zero-order valence-corrected chi connectivity index (χ0v) is 9.94. The zero-order chi connectivity index (χ0) is 10.6. The normalized spacial score (nSPS) is 54.0. The highest BCUT2D eigenvalue weighted by atomic mass is 16.6. The van der Waals surface area contributed by atoms with Crippen LogP contribution < -0.4 is 0 Å². The quantitative estimate of drug-likeness (QED) is 0.474. The topological polar surface area (TPSA) is 25.1 Å². The maximum Gasteiger partial charge on any atom is 0.130 e. The molecule has 4 heteroatoms. The molecule has 0 aromatic rings. The Morgan fingerprint density at radius 1 is 0.688 bits per heavy atom. The summed E-state index contributed by atoms with van der Waals surface area (Å²) in [6, 6.07) is 0. The summed E-state index contributed by atoms with van der Waals surface area (Å²) in [6.45, 7) is 12.9. The second kappa shape index (κ2) is 3.19. The molecule has 0 aromatic heterocycles. The highest BCUT2D eigenvalue weighted by Gasteiger charge is 2.52. The molecule has 0 radical (unpaired) electrons. The molecular weight excluding hydrogens is 204 g/mol. The number of hydrogen-bond acceptors (Lipinski definition) is 2. The molecule has 0 amide bonds. The Labute approximate surface area is 96.9 Å². The van der Waals surface area contributed by atoms with Gasteiger partial charge in [0.25, 0.3) is 0 Å². The molecule has 5 heterocycles. The Hall–Kier alpha value is -0.160. The van der Waals surface area contributed by atoms with Crippen molar-refractivity contribution < 1.29 is 18.4 Å². The maximum atomic E-state index is 5.41. The summed E-state index contributed by atoms with van der Waals surface area (Å²) in [7, 11) is 0. The van der Waals surface area contributed by atoms with Crippen LogP contribution in [0.5, 0.6) is 0 Å². The zero-order valence-electron chi connectivity index (χ0n) is 9.94. The summed E-state index contributed by atoms with van der Waals surface area (Å²) in [5.74, 6) is 0. The Kier molecular flexibility index (Phi) is 1.96. The van der Waals surface area contributed by atoms with E-state index in [9.17, 15) is 0 Å². The first-order chi connectivity index (χ1) is 7.78. The van der Waals surface area contributed by atoms with Crippen molar-refractivity contribution >= 4 is 0 Å². The van der Waals surface area contributed by atoms with E-state index in [-0.39, 0.29) is 0 Å². The molecule has 0 aliphatic carbocycles. The fourth-order valence-electron chi connectivity index (χ4n) is 3.70. The number of rotatable bonds is 4. The summed E-state index contributed by atoms with van der Waals surface area (Å²) >= 11 is 0. The Morgan fingerprint density at radius 3 is 1.25 bits per heavy atom. The maximum absolute atomic E-state index is 5.41. The van der Waals surface area contributed by atoms with Crippen LogP contribution >= 0.6 is 0 Å². The van der Waals surface area contributed by atoms with E-state index in [1.54, 1.807) is 0 Å². The lowest BCUT2D eigenvalue weighted by Gasteiger charge is -2.55. The fraction of sp³-hybridized carbons (Fsp3) is 1.00. The summed E-state index contributed by atoms with van der Waals surface area (Å²) in [5.41, 5.74) is 0. The van der Waals surface area contributed by atoms with E-state index in [0.717, 1.165) is 13.2 Å². The van der Waals surface area contributed by atoms with Gasteiger partial charge in [0.05, 0.1) is 13.2 Å². The fourth-order valence-corrected chi connectivity index (χ4v) is 3.70. The van der Waals surface area contributed by atoms with E-state index in [1.165, 1.54) is 61.3 Å². The van der Waals surface area contributed by atoms with E-state index in [0.29, 0.717) is 12.2 Å². The third-order valence-electron chi connectivity index (χ3n) is 5.13. The first kappa shape index (κ1) is 9.83. The van der Waals surface area contributed by atoms with Crippen molar-refractivity contribution in [3.63, 3.8) is 0 Å². The molecular formula is C12H22N2O2+2. The number of piperazine rings is 3. The van der Waals surface area contributed by atoms with E-state index >= 15 is 0 Å². The molecule has 5 aliphatic rings. The molecule has 0 aromatic carbocycles. The summed E-state index contributed by atoms with van der Waals surface area (Å²) in [6.07, 6.45) is 1.20. The summed E-state index contributed by atoms with van der Waals surface area (Å²) in [5, 5.41) is 0. The van der Waals surface area contributed by atoms with Gasteiger partial charge in [-0.15, -0.1) is 0 Å². The minimum absolute atomic E-state index is 0.602. The molecule has 5 saturated heterocycles. The molecule has 2 bridgehead atoms. The lowest BCUT2D eigenvalue weighted by Crippen LogP contribution is -2.76. The molecule has 0 N–H and O–H groups in total. The SMILES string of the molecule is C1OC1C[N+]12CC[N+](CC3CO3)(CC1)CC2. The molecule has 2 unspecified atom stereocenters. The lowest BCUT2D eigenvalue weighted by atomic mass is 10.1. The van der Waals surface area contributed by atoms with Gasteiger partial charge < -0.3 is 18.4 Å². The van der Waals surface area contributed by atoms with Crippen LogP contribution in [0.15, 0.2) is 0 Å². The molecule has 2 atom stereocenters. The molecule has 5 fully saturated rings. The van der Waals surface area contributed by atoms with Crippen LogP contribution in [-0.4, -0.2) is 86.7 Å². The second-order valence-electron chi connectivity index (χ2n) is 6.30. The van der Waals surface area contributed by atoms with Gasteiger partial charge in [0.1, 0.15) is 64.6 Å². The average Bonchev–Trinajstić information content (AvgIpc) is 3.18. The number of fused-ring (bicyclic) bond motifs is 3. The first-order valence-electron chi connectivity index (χ1n) is 6.71. The van der Waals surface area contributed by atoms with E-state index in [2.05, 4.69) is 0 Å². The van der Waals surface area contributed by atoms with Crippen molar-refractivity contribution in [3.8, 4) is 0 Å². The van der Waals surface area contributed by atoms with Gasteiger partial charge in [-0.2, -0.15) is 0 Å². The van der Waals surface area contributed by atoms with Crippen molar-refractivity contribution in [1.29, 1.82) is 0 Å². The molecule has 5 rings (SSSR count). The Bertz CT molecular complexity index is 245. The standard InChI is InChI=1S/C12H22N2O2/c1-2-14(8-12-10-16-12)5-3-13(1,4-6-14)7-11-9-15-11/h11-12H,1-10H2/q+2. The van der Waals surface area contributed by atoms with Gasteiger partial charge in [0.2, 0.25) is 0 Å². The molecule has 4 nitrogen and oxygen atoms in total. The Balaban J connectivity index is 1.43. The van der Waals surface area contributed by atoms with Crippen LogP contribution in [0.1, 0.15) is 0 Å². The molecule has 0 spiro atoms. The van der Waals surface area contributed by atoms with Crippen LogP contribution in [0, 0.1) is 0 Å². The summed E-state index contributed by atoms with van der Waals surface area (Å²) < 4.78 is 13.5. The Morgan fingerprint density at radius 2 is 1.00 bits per heavy atom. The minimum Gasteiger partial charge on any atom is -0.367 e. The number of ether oxygens (including phenoxy) is 2.